The molecular weight excluding hydrogens is 1520 g/mol. The Morgan fingerprint density at radius 3 is 1.54 bits per heavy atom. The van der Waals surface area contributed by atoms with E-state index in [1.54, 1.807) is 39.9 Å². The number of esters is 2. The van der Waals surface area contributed by atoms with Gasteiger partial charge >= 0.3 is 36.6 Å². The zero-order valence-corrected chi connectivity index (χ0v) is 59.2. The summed E-state index contributed by atoms with van der Waals surface area (Å²) in [5.41, 5.74) is -10.4. The lowest BCUT2D eigenvalue weighted by atomic mass is 9.92. The normalized spacial score (nSPS) is 15.1. The van der Waals surface area contributed by atoms with E-state index in [-0.39, 0.29) is 87.8 Å². The van der Waals surface area contributed by atoms with Crippen LogP contribution in [0.4, 0.5) is 85.7 Å². The van der Waals surface area contributed by atoms with Crippen LogP contribution in [0.25, 0.3) is 0 Å². The molecule has 2 aliphatic heterocycles. The molecule has 4 heterocycles. The molecular formula is C70H62F12N6O15S4. The Bertz CT molecular complexity index is 4800. The molecule has 11 rings (SSSR count). The zero-order valence-electron chi connectivity index (χ0n) is 55.9. The van der Waals surface area contributed by atoms with Crippen LogP contribution >= 0.6 is 22.7 Å². The van der Waals surface area contributed by atoms with Gasteiger partial charge in [-0.1, -0.05) is 72.8 Å². The highest BCUT2D eigenvalue weighted by Gasteiger charge is 2.66. The van der Waals surface area contributed by atoms with Crippen LogP contribution in [0.2, 0.25) is 0 Å². The predicted octanol–water partition coefficient (Wildman–Crippen LogP) is 13.7. The fourth-order valence-corrected chi connectivity index (χ4v) is 15.7. The van der Waals surface area contributed by atoms with Crippen molar-refractivity contribution >= 4 is 87.7 Å². The third-order valence-corrected chi connectivity index (χ3v) is 21.6. The standard InChI is InChI=1S/C49H42F9N3O10S2.C21H20F3N3O5S2/c1-66-36-17-14-31(15-18-36)29-61(44-59-22-25-72-44)73(64,65)38-19-21-40-41(28-38)69-24-23-60(40)39-20-16-35(47(50,51)52)26-32(39)27-37(71-43(63)46(68-3,49(56,57)58)34-12-8-5-9-13-34)30-70-42(62)45(67-2,48(53,54)55)33-10-6-4-7-11-33;22-21(23,24)14-1-3-17(13(9-14)10-15(29)12-28)27-6-7-32-19-11-16(2-4-18(19)27)34(30,31)26-20-25-5-8-33-20/h4-22,25-26,28,37H,23-24,27,29-30H2,1-3H3;1-5,8-9,11,15,28-29H,6-7,10,12H2,(H,25,26)/t37?,45-,46-;15-/m00/s1. The number of anilines is 6. The van der Waals surface area contributed by atoms with Gasteiger partial charge < -0.3 is 53.2 Å². The number of carbonyl (C=O) groups is 2. The molecule has 37 heteroatoms. The number of hydrogen-bond donors (Lipinski definition) is 3. The number of aliphatic hydroxyl groups is 2. The monoisotopic (exact) mass is 1580 g/mol. The summed E-state index contributed by atoms with van der Waals surface area (Å²) < 4.78 is 268. The quantitative estimate of drug-likeness (QED) is 0.0355. The van der Waals surface area contributed by atoms with Crippen molar-refractivity contribution in [3.05, 3.63) is 220 Å². The van der Waals surface area contributed by atoms with Gasteiger partial charge in [-0.2, -0.15) is 52.7 Å². The smallest absolute Gasteiger partial charge is 0.432 e. The first-order valence-corrected chi connectivity index (χ1v) is 36.3. The highest BCUT2D eigenvalue weighted by atomic mass is 32.2. The maximum Gasteiger partial charge on any atom is 0.432 e. The summed E-state index contributed by atoms with van der Waals surface area (Å²) in [6.07, 6.45) is -22.7. The minimum Gasteiger partial charge on any atom is -0.497 e. The van der Waals surface area contributed by atoms with Crippen LogP contribution in [0.3, 0.4) is 0 Å². The molecule has 0 spiro atoms. The number of fused-ring (bicyclic) bond motifs is 2. The summed E-state index contributed by atoms with van der Waals surface area (Å²) in [6, 6.07) is 30.7. The molecule has 0 saturated heterocycles. The molecule has 0 aliphatic carbocycles. The van der Waals surface area contributed by atoms with E-state index in [0.717, 1.165) is 93.7 Å². The van der Waals surface area contributed by atoms with Gasteiger partial charge in [-0.3, -0.25) is 4.72 Å². The van der Waals surface area contributed by atoms with Crippen LogP contribution < -0.4 is 33.0 Å². The molecule has 0 radical (unpaired) electrons. The third-order valence-electron chi connectivity index (χ3n) is 16.8. The molecule has 0 saturated carbocycles. The number of nitrogens with zero attached hydrogens (tertiary/aromatic N) is 5. The first-order valence-electron chi connectivity index (χ1n) is 31.6. The highest BCUT2D eigenvalue weighted by Crippen LogP contribution is 2.48. The first kappa shape index (κ1) is 79.8. The van der Waals surface area contributed by atoms with Crippen molar-refractivity contribution < 1.29 is 122 Å². The number of sulfonamides is 2. The summed E-state index contributed by atoms with van der Waals surface area (Å²) >= 11 is 2.16. The van der Waals surface area contributed by atoms with E-state index in [1.165, 1.54) is 79.0 Å². The highest BCUT2D eigenvalue weighted by molar-refractivity contribution is 7.93. The minimum absolute atomic E-state index is 0.0633. The Morgan fingerprint density at radius 1 is 0.589 bits per heavy atom. The molecule has 7 aromatic carbocycles. The van der Waals surface area contributed by atoms with Crippen molar-refractivity contribution in [3.63, 3.8) is 0 Å². The van der Waals surface area contributed by atoms with Crippen LogP contribution in [-0.4, -0.2) is 134 Å². The molecule has 0 amide bonds. The van der Waals surface area contributed by atoms with Gasteiger partial charge in [-0.05, 0) is 89.5 Å². The second-order valence-electron chi connectivity index (χ2n) is 23.4. The number of rotatable bonds is 25. The van der Waals surface area contributed by atoms with E-state index in [2.05, 4.69) is 14.7 Å². The lowest BCUT2D eigenvalue weighted by molar-refractivity contribution is -0.282. The number of carbonyl (C=O) groups excluding carboxylic acids is 2. The summed E-state index contributed by atoms with van der Waals surface area (Å²) in [5.74, 6) is -3.71. The van der Waals surface area contributed by atoms with E-state index >= 15 is 13.2 Å². The van der Waals surface area contributed by atoms with Crippen LogP contribution in [0, 0.1) is 0 Å². The van der Waals surface area contributed by atoms with Crippen LogP contribution in [0.5, 0.6) is 17.2 Å². The molecule has 4 atom stereocenters. The van der Waals surface area contributed by atoms with Crippen molar-refractivity contribution in [2.24, 2.45) is 0 Å². The number of benzene rings is 7. The summed E-state index contributed by atoms with van der Waals surface area (Å²) in [7, 11) is -5.83. The largest absolute Gasteiger partial charge is 0.497 e. The van der Waals surface area contributed by atoms with E-state index < -0.39 is 128 Å². The summed E-state index contributed by atoms with van der Waals surface area (Å²) in [6.45, 7) is -2.19. The number of aliphatic hydroxyl groups excluding tert-OH is 2. The average Bonchev–Trinajstić information content (AvgIpc) is 0.794. The number of aromatic nitrogens is 2. The number of halogens is 12. The van der Waals surface area contributed by atoms with E-state index in [9.17, 15) is 76.2 Å². The Balaban J connectivity index is 0.000000298. The molecule has 107 heavy (non-hydrogen) atoms. The number of nitrogens with one attached hydrogen (secondary N) is 1. The zero-order chi connectivity index (χ0) is 77.5. The maximum absolute atomic E-state index is 15.2. The maximum atomic E-state index is 15.2. The summed E-state index contributed by atoms with van der Waals surface area (Å²) in [5, 5.41) is 22.6. The second kappa shape index (κ2) is 32.4. The van der Waals surface area contributed by atoms with Gasteiger partial charge in [-0.15, -0.1) is 22.7 Å². The third kappa shape index (κ3) is 17.3. The fourth-order valence-electron chi connectivity index (χ4n) is 11.6. The molecule has 0 bridgehead atoms. The molecule has 21 nitrogen and oxygen atoms in total. The van der Waals surface area contributed by atoms with Crippen molar-refractivity contribution in [1.82, 2.24) is 9.97 Å². The van der Waals surface area contributed by atoms with Crippen molar-refractivity contribution in [1.29, 1.82) is 0 Å². The van der Waals surface area contributed by atoms with Crippen LogP contribution in [0.15, 0.2) is 191 Å². The van der Waals surface area contributed by atoms with Gasteiger partial charge in [0.25, 0.3) is 31.2 Å². The van der Waals surface area contributed by atoms with Crippen molar-refractivity contribution in [3.8, 4) is 17.2 Å². The first-order chi connectivity index (χ1) is 50.6. The van der Waals surface area contributed by atoms with Gasteiger partial charge in [0.2, 0.25) is 0 Å². The molecule has 0 fully saturated rings. The predicted molar refractivity (Wildman–Crippen MR) is 366 cm³/mol. The number of alkyl halides is 12. The number of methoxy groups -OCH3 is 3. The summed E-state index contributed by atoms with van der Waals surface area (Å²) in [4.78, 5) is 38.7. The number of hydrogen-bond acceptors (Lipinski definition) is 21. The molecule has 570 valence electrons. The minimum atomic E-state index is -5.60. The lowest BCUT2D eigenvalue weighted by Gasteiger charge is -2.36. The SMILES string of the molecule is COc1ccc(CN(c2nccs2)S(=O)(=O)c2ccc3c(c2)OCCN3c2ccc(C(F)(F)F)cc2CC(COC(=O)[C@@](OC)(c2ccccc2)C(F)(F)F)OC(=O)[C@@](OC)(c2ccccc2)C(F)(F)F)cc1.O=S(=O)(Nc1nccs1)c1ccc2c(c1)OCCN2c1ccc(C(F)(F)F)cc1C[C@H](O)CO. The van der Waals surface area contributed by atoms with Gasteiger partial charge in [0.05, 0.1) is 71.7 Å². The molecule has 3 N–H and O–H groups in total. The Morgan fingerprint density at radius 2 is 1.07 bits per heavy atom. The number of thiazole rings is 2. The van der Waals surface area contributed by atoms with Crippen LogP contribution in [0.1, 0.15) is 38.9 Å². The van der Waals surface area contributed by atoms with Crippen molar-refractivity contribution in [2.75, 3.05) is 79.7 Å². The van der Waals surface area contributed by atoms with Crippen LogP contribution in [-0.2, 0) is 91.5 Å². The molecule has 2 aromatic heterocycles. The Labute approximate surface area is 611 Å². The van der Waals surface area contributed by atoms with E-state index in [1.807, 2.05) is 0 Å². The Kier molecular flexibility index (Phi) is 24.1. The van der Waals surface area contributed by atoms with E-state index in [4.69, 9.17) is 33.2 Å². The van der Waals surface area contributed by atoms with Crippen molar-refractivity contribution in [2.45, 2.75) is 77.3 Å². The molecule has 1 unspecified atom stereocenters. The molecule has 9 aromatic rings. The topological polar surface area (TPSA) is 255 Å². The lowest BCUT2D eigenvalue weighted by Crippen LogP contribution is -2.54. The van der Waals surface area contributed by atoms with Gasteiger partial charge in [0.1, 0.15) is 43.2 Å². The fraction of sp³-hybridized carbons (Fsp3) is 0.286. The van der Waals surface area contributed by atoms with E-state index in [0.29, 0.717) is 49.0 Å². The number of ether oxygens (including phenoxy) is 7. The van der Waals surface area contributed by atoms with Gasteiger partial charge in [-0.25, -0.2) is 40.7 Å². The second-order valence-corrected chi connectivity index (χ2v) is 28.7. The van der Waals surface area contributed by atoms with Gasteiger partial charge in [0, 0.05) is 84.8 Å². The average molecular weight is 1580 g/mol. The van der Waals surface area contributed by atoms with Gasteiger partial charge in [0.15, 0.2) is 10.3 Å². The Hall–Kier alpha value is -9.76. The molecule has 2 aliphatic rings.